The van der Waals surface area contributed by atoms with Gasteiger partial charge < -0.3 is 10.6 Å². The first-order valence-electron chi connectivity index (χ1n) is 7.39. The fourth-order valence-corrected chi connectivity index (χ4v) is 2.97. The number of aromatic nitrogens is 4. The molecule has 1 aromatic heterocycles. The standard InChI is InChI=1S/C16H16N6S2/c23-15(18-13-7-3-1-4-8-13)17-11-12-24-16-19-20-21-22(16)14-9-5-2-6-10-14/h1-10H,11-12H2,(H2,17,18,23). The molecule has 0 radical (unpaired) electrons. The maximum Gasteiger partial charge on any atom is 0.214 e. The van der Waals surface area contributed by atoms with Gasteiger partial charge in [0.2, 0.25) is 5.16 Å². The number of nitrogens with zero attached hydrogens (tertiary/aromatic N) is 4. The van der Waals surface area contributed by atoms with Gasteiger partial charge in [-0.25, -0.2) is 0 Å². The van der Waals surface area contributed by atoms with Gasteiger partial charge in [-0.15, -0.1) is 5.10 Å². The SMILES string of the molecule is S=C(NCCSc1nnnn1-c1ccccc1)Nc1ccccc1. The molecule has 0 aliphatic rings. The number of thiocarbonyl (C=S) groups is 1. The van der Waals surface area contributed by atoms with Crippen molar-refractivity contribution in [3.05, 3.63) is 60.7 Å². The normalized spacial score (nSPS) is 10.3. The largest absolute Gasteiger partial charge is 0.362 e. The quantitative estimate of drug-likeness (QED) is 0.400. The van der Waals surface area contributed by atoms with E-state index in [-0.39, 0.29) is 0 Å². The Morgan fingerprint density at radius 2 is 1.75 bits per heavy atom. The Hall–Kier alpha value is -2.45. The number of hydrogen-bond acceptors (Lipinski definition) is 5. The Morgan fingerprint density at radius 1 is 1.04 bits per heavy atom. The van der Waals surface area contributed by atoms with E-state index in [9.17, 15) is 0 Å². The van der Waals surface area contributed by atoms with Gasteiger partial charge in [0.05, 0.1) is 5.69 Å². The zero-order valence-corrected chi connectivity index (χ0v) is 14.4. The lowest BCUT2D eigenvalue weighted by molar-refractivity contribution is 0.756. The van der Waals surface area contributed by atoms with Crippen LogP contribution in [0, 0.1) is 0 Å². The van der Waals surface area contributed by atoms with E-state index < -0.39 is 0 Å². The second kappa shape index (κ2) is 8.42. The summed E-state index contributed by atoms with van der Waals surface area (Å²) in [6.45, 7) is 0.713. The van der Waals surface area contributed by atoms with Gasteiger partial charge >= 0.3 is 0 Å². The number of thioether (sulfide) groups is 1. The van der Waals surface area contributed by atoms with Gasteiger partial charge in [0.1, 0.15) is 0 Å². The van der Waals surface area contributed by atoms with Crippen molar-refractivity contribution in [2.24, 2.45) is 0 Å². The average molecular weight is 356 g/mol. The fraction of sp³-hybridized carbons (Fsp3) is 0.125. The van der Waals surface area contributed by atoms with Crippen molar-refractivity contribution < 1.29 is 0 Å². The Balaban J connectivity index is 1.46. The van der Waals surface area contributed by atoms with Crippen LogP contribution in [0.5, 0.6) is 0 Å². The van der Waals surface area contributed by atoms with E-state index in [0.717, 1.165) is 22.3 Å². The lowest BCUT2D eigenvalue weighted by Gasteiger charge is -2.10. The van der Waals surface area contributed by atoms with Crippen LogP contribution >= 0.6 is 24.0 Å². The molecular weight excluding hydrogens is 340 g/mol. The summed E-state index contributed by atoms with van der Waals surface area (Å²) in [5.41, 5.74) is 1.91. The summed E-state index contributed by atoms with van der Waals surface area (Å²) in [5.74, 6) is 0.795. The molecule has 0 atom stereocenters. The number of anilines is 1. The summed E-state index contributed by atoms with van der Waals surface area (Å²) in [6.07, 6.45) is 0. The fourth-order valence-electron chi connectivity index (χ4n) is 2.00. The van der Waals surface area contributed by atoms with Gasteiger partial charge in [-0.2, -0.15) is 4.68 Å². The van der Waals surface area contributed by atoms with Crippen LogP contribution in [-0.4, -0.2) is 37.6 Å². The Morgan fingerprint density at radius 3 is 2.50 bits per heavy atom. The molecule has 0 bridgehead atoms. The molecule has 0 aliphatic carbocycles. The number of benzene rings is 2. The molecule has 1 heterocycles. The minimum absolute atomic E-state index is 0.601. The van der Waals surface area contributed by atoms with Crippen LogP contribution in [0.4, 0.5) is 5.69 Å². The average Bonchev–Trinajstić information content (AvgIpc) is 3.09. The van der Waals surface area contributed by atoms with Crippen LogP contribution in [0.2, 0.25) is 0 Å². The molecule has 0 fully saturated rings. The summed E-state index contributed by atoms with van der Waals surface area (Å²) < 4.78 is 1.73. The molecule has 0 amide bonds. The smallest absolute Gasteiger partial charge is 0.214 e. The lowest BCUT2D eigenvalue weighted by atomic mass is 10.3. The van der Waals surface area contributed by atoms with Crippen molar-refractivity contribution >= 4 is 34.8 Å². The summed E-state index contributed by atoms with van der Waals surface area (Å²) in [7, 11) is 0. The van der Waals surface area contributed by atoms with Crippen LogP contribution in [0.15, 0.2) is 65.8 Å². The topological polar surface area (TPSA) is 67.7 Å². The molecule has 0 saturated carbocycles. The highest BCUT2D eigenvalue weighted by atomic mass is 32.2. The molecular formula is C16H16N6S2. The van der Waals surface area contributed by atoms with E-state index >= 15 is 0 Å². The van der Waals surface area contributed by atoms with E-state index in [1.54, 1.807) is 16.4 Å². The zero-order chi connectivity index (χ0) is 16.6. The van der Waals surface area contributed by atoms with E-state index in [0.29, 0.717) is 11.7 Å². The van der Waals surface area contributed by atoms with Crippen LogP contribution in [0.25, 0.3) is 5.69 Å². The Labute approximate surface area is 149 Å². The Kier molecular flexibility index (Phi) is 5.75. The first kappa shape index (κ1) is 16.4. The van der Waals surface area contributed by atoms with E-state index in [2.05, 4.69) is 26.2 Å². The van der Waals surface area contributed by atoms with Gasteiger partial charge in [-0.3, -0.25) is 0 Å². The van der Waals surface area contributed by atoms with Crippen molar-refractivity contribution in [3.63, 3.8) is 0 Å². The minimum atomic E-state index is 0.601. The number of para-hydroxylation sites is 2. The molecule has 3 aromatic rings. The highest BCUT2D eigenvalue weighted by Gasteiger charge is 2.08. The zero-order valence-electron chi connectivity index (χ0n) is 12.8. The third-order valence-corrected chi connectivity index (χ3v) is 4.26. The predicted octanol–water partition coefficient (Wildman–Crippen LogP) is 2.74. The van der Waals surface area contributed by atoms with Crippen molar-refractivity contribution in [2.45, 2.75) is 5.16 Å². The molecule has 24 heavy (non-hydrogen) atoms. The van der Waals surface area contributed by atoms with Gasteiger partial charge in [-0.1, -0.05) is 48.2 Å². The van der Waals surface area contributed by atoms with Crippen molar-refractivity contribution in [2.75, 3.05) is 17.6 Å². The highest BCUT2D eigenvalue weighted by molar-refractivity contribution is 7.99. The van der Waals surface area contributed by atoms with E-state index in [1.807, 2.05) is 60.7 Å². The molecule has 0 aliphatic heterocycles. The van der Waals surface area contributed by atoms with Gasteiger partial charge in [0.15, 0.2) is 5.11 Å². The van der Waals surface area contributed by atoms with Gasteiger partial charge in [-0.05, 0) is 46.9 Å². The maximum absolute atomic E-state index is 5.27. The van der Waals surface area contributed by atoms with Gasteiger partial charge in [0.25, 0.3) is 0 Å². The summed E-state index contributed by atoms with van der Waals surface area (Å²) >= 11 is 6.85. The molecule has 0 spiro atoms. The third-order valence-electron chi connectivity index (χ3n) is 3.09. The third kappa shape index (κ3) is 4.53. The number of nitrogens with one attached hydrogen (secondary N) is 2. The summed E-state index contributed by atoms with van der Waals surface area (Å²) in [6, 6.07) is 19.7. The summed E-state index contributed by atoms with van der Waals surface area (Å²) in [5, 5.41) is 19.5. The molecule has 2 N–H and O–H groups in total. The summed E-state index contributed by atoms with van der Waals surface area (Å²) in [4.78, 5) is 0. The van der Waals surface area contributed by atoms with Crippen LogP contribution in [-0.2, 0) is 0 Å². The Bertz CT molecular complexity index is 776. The second-order valence-corrected chi connectivity index (χ2v) is 6.27. The van der Waals surface area contributed by atoms with E-state index in [4.69, 9.17) is 12.2 Å². The first-order chi connectivity index (χ1) is 11.8. The lowest BCUT2D eigenvalue weighted by Crippen LogP contribution is -2.30. The van der Waals surface area contributed by atoms with Crippen molar-refractivity contribution in [1.82, 2.24) is 25.5 Å². The first-order valence-corrected chi connectivity index (χ1v) is 8.79. The number of tetrazole rings is 1. The van der Waals surface area contributed by atoms with Crippen LogP contribution < -0.4 is 10.6 Å². The number of rotatable bonds is 6. The second-order valence-electron chi connectivity index (χ2n) is 4.80. The van der Waals surface area contributed by atoms with Crippen molar-refractivity contribution in [3.8, 4) is 5.69 Å². The molecule has 8 heteroatoms. The monoisotopic (exact) mass is 356 g/mol. The van der Waals surface area contributed by atoms with Crippen LogP contribution in [0.1, 0.15) is 0 Å². The highest BCUT2D eigenvalue weighted by Crippen LogP contribution is 2.17. The number of hydrogen-bond donors (Lipinski definition) is 2. The van der Waals surface area contributed by atoms with E-state index in [1.165, 1.54) is 0 Å². The van der Waals surface area contributed by atoms with Crippen molar-refractivity contribution in [1.29, 1.82) is 0 Å². The predicted molar refractivity (Wildman–Crippen MR) is 101 cm³/mol. The molecule has 6 nitrogen and oxygen atoms in total. The minimum Gasteiger partial charge on any atom is -0.362 e. The molecule has 0 unspecified atom stereocenters. The molecule has 0 saturated heterocycles. The molecule has 122 valence electrons. The van der Waals surface area contributed by atoms with Gasteiger partial charge in [0, 0.05) is 18.0 Å². The molecule has 2 aromatic carbocycles. The van der Waals surface area contributed by atoms with Crippen LogP contribution in [0.3, 0.4) is 0 Å². The maximum atomic E-state index is 5.27. The molecule has 3 rings (SSSR count).